The van der Waals surface area contributed by atoms with E-state index in [1.165, 1.54) is 0 Å². The molecule has 7 rings (SSSR count). The van der Waals surface area contributed by atoms with E-state index in [0.29, 0.717) is 32.8 Å². The third-order valence-corrected chi connectivity index (χ3v) is 6.46. The van der Waals surface area contributed by atoms with E-state index in [9.17, 15) is 0 Å². The number of aromatic nitrogens is 7. The molecule has 0 aliphatic heterocycles. The van der Waals surface area contributed by atoms with Gasteiger partial charge >= 0.3 is 0 Å². The summed E-state index contributed by atoms with van der Waals surface area (Å²) in [6, 6.07) is 11.3. The van der Waals surface area contributed by atoms with Crippen LogP contribution in [0.1, 0.15) is 0 Å². The molecule has 0 saturated heterocycles. The standard InChI is InChI=1S/C22H12FN7S/c23-18-12-1-2-13-17(18)21(30-29-13)22-27-14-5-6-25-20(19(14)28-22)15-3-4-16(31-15)26-11-7-10(12)8-24-9-11/h1-9,26H,(H,27,28)(H,29,30). The SMILES string of the molecule is Fc1c2ccc3[nH]nc(c4nc5c(ccnc5c5ccc([nH]c6cncc2c6)s5)[nH]4)c13. The van der Waals surface area contributed by atoms with E-state index in [-0.39, 0.29) is 5.82 Å². The molecule has 6 heterocycles. The highest BCUT2D eigenvalue weighted by Crippen LogP contribution is 2.30. The topological polar surface area (TPSA) is 98.9 Å². The lowest BCUT2D eigenvalue weighted by atomic mass is 10.1. The molecule has 3 N–H and O–H groups in total. The fourth-order valence-electron chi connectivity index (χ4n) is 4.03. The Morgan fingerprint density at radius 1 is 0.903 bits per heavy atom. The van der Waals surface area contributed by atoms with Gasteiger partial charge in [-0.1, -0.05) is 0 Å². The van der Waals surface area contributed by atoms with Crippen molar-refractivity contribution in [2.75, 3.05) is 0 Å². The minimum absolute atomic E-state index is 0.369. The lowest BCUT2D eigenvalue weighted by Crippen LogP contribution is -1.83. The van der Waals surface area contributed by atoms with Crippen molar-refractivity contribution in [3.8, 4) is 0 Å². The van der Waals surface area contributed by atoms with Gasteiger partial charge in [-0.25, -0.2) is 9.37 Å². The van der Waals surface area contributed by atoms with E-state index in [1.54, 1.807) is 36.0 Å². The van der Waals surface area contributed by atoms with Crippen LogP contribution in [0.25, 0.3) is 64.4 Å². The Bertz CT molecular complexity index is 1870. The molecule has 8 bridgehead atoms. The largest absolute Gasteiger partial charge is 0.346 e. The van der Waals surface area contributed by atoms with E-state index < -0.39 is 0 Å². The zero-order valence-corrected chi connectivity index (χ0v) is 16.6. The zero-order valence-electron chi connectivity index (χ0n) is 15.8. The number of hydrogen-bond acceptors (Lipinski definition) is 5. The molecule has 7 nitrogen and oxygen atoms in total. The number of thiophene rings is 1. The van der Waals surface area contributed by atoms with Gasteiger partial charge in [-0.2, -0.15) is 5.10 Å². The number of nitrogens with one attached hydrogen (secondary N) is 3. The summed E-state index contributed by atoms with van der Waals surface area (Å²) < 4.78 is 16.7. The molecule has 0 saturated carbocycles. The maximum absolute atomic E-state index is 15.8. The molecule has 9 heteroatoms. The summed E-state index contributed by atoms with van der Waals surface area (Å²) in [7, 11) is 0. The fraction of sp³-hybridized carbons (Fsp3) is 0. The van der Waals surface area contributed by atoms with E-state index in [2.05, 4.69) is 30.1 Å². The van der Waals surface area contributed by atoms with Gasteiger partial charge in [0.05, 0.1) is 37.7 Å². The zero-order chi connectivity index (χ0) is 20.5. The molecule has 0 fully saturated rings. The average molecular weight is 425 g/mol. The summed E-state index contributed by atoms with van der Waals surface area (Å²) in [5, 5.41) is 8.81. The summed E-state index contributed by atoms with van der Waals surface area (Å²) >= 11 is 1.57. The Labute approximate surface area is 176 Å². The molecular formula is C22H12FN7S. The van der Waals surface area contributed by atoms with Gasteiger partial charge in [0.2, 0.25) is 0 Å². The molecule has 0 spiro atoms. The van der Waals surface area contributed by atoms with Crippen molar-refractivity contribution >= 4 is 75.8 Å². The first-order valence-electron chi connectivity index (χ1n) is 9.59. The third-order valence-electron chi connectivity index (χ3n) is 5.45. The number of pyridine rings is 2. The number of halogens is 1. The Morgan fingerprint density at radius 2 is 1.87 bits per heavy atom. The van der Waals surface area contributed by atoms with Gasteiger partial charge in [0, 0.05) is 23.2 Å². The highest BCUT2D eigenvalue weighted by Gasteiger charge is 2.14. The van der Waals surface area contributed by atoms with Gasteiger partial charge < -0.3 is 9.97 Å². The molecule has 0 radical (unpaired) electrons. The van der Waals surface area contributed by atoms with Crippen LogP contribution < -0.4 is 0 Å². The smallest absolute Gasteiger partial charge is 0.159 e. The Balaban J connectivity index is 1.82. The molecule has 1 aromatic carbocycles. The molecule has 0 amide bonds. The van der Waals surface area contributed by atoms with Crippen LogP contribution in [0.3, 0.4) is 0 Å². The number of H-pyrrole nitrogens is 3. The van der Waals surface area contributed by atoms with Gasteiger partial charge in [-0.3, -0.25) is 15.1 Å². The monoisotopic (exact) mass is 425 g/mol. The van der Waals surface area contributed by atoms with E-state index >= 15 is 4.39 Å². The Morgan fingerprint density at radius 3 is 2.84 bits per heavy atom. The normalized spacial score (nSPS) is 12.0. The van der Waals surface area contributed by atoms with Crippen LogP contribution in [-0.4, -0.2) is 35.1 Å². The first-order chi connectivity index (χ1) is 15.2. The van der Waals surface area contributed by atoms with E-state index in [0.717, 1.165) is 31.6 Å². The molecule has 6 aromatic heterocycles. The van der Waals surface area contributed by atoms with Crippen LogP contribution >= 0.6 is 11.3 Å². The Kier molecular flexibility index (Phi) is 3.20. The second kappa shape index (κ2) is 5.96. The number of aromatic amines is 3. The van der Waals surface area contributed by atoms with Crippen LogP contribution in [0.2, 0.25) is 0 Å². The van der Waals surface area contributed by atoms with Gasteiger partial charge in [-0.05, 0) is 36.4 Å². The lowest BCUT2D eigenvalue weighted by Gasteiger charge is -1.99. The number of fused-ring (bicyclic) bond motifs is 9. The maximum Gasteiger partial charge on any atom is 0.159 e. The predicted molar refractivity (Wildman–Crippen MR) is 121 cm³/mol. The van der Waals surface area contributed by atoms with Crippen LogP contribution in [0.15, 0.2) is 55.0 Å². The van der Waals surface area contributed by atoms with Crippen LogP contribution in [-0.2, 0) is 0 Å². The summed E-state index contributed by atoms with van der Waals surface area (Å²) in [5.74, 6) is -0.369. The first kappa shape index (κ1) is 16.7. The van der Waals surface area contributed by atoms with Crippen molar-refractivity contribution in [2.45, 2.75) is 0 Å². The van der Waals surface area contributed by atoms with Crippen molar-refractivity contribution in [1.82, 2.24) is 35.1 Å². The van der Waals surface area contributed by atoms with Crippen molar-refractivity contribution in [3.63, 3.8) is 0 Å². The summed E-state index contributed by atoms with van der Waals surface area (Å²) in [5.41, 5.74) is 4.60. The third kappa shape index (κ3) is 2.37. The van der Waals surface area contributed by atoms with E-state index in [1.807, 2.05) is 30.3 Å². The van der Waals surface area contributed by atoms with Crippen molar-refractivity contribution in [2.24, 2.45) is 0 Å². The van der Waals surface area contributed by atoms with Gasteiger partial charge in [0.25, 0.3) is 0 Å². The van der Waals surface area contributed by atoms with Gasteiger partial charge in [-0.15, -0.1) is 11.3 Å². The second-order valence-corrected chi connectivity index (χ2v) is 8.40. The number of imidazole rings is 1. The molecule has 0 aliphatic carbocycles. The van der Waals surface area contributed by atoms with Crippen molar-refractivity contribution in [3.05, 3.63) is 60.8 Å². The highest BCUT2D eigenvalue weighted by atomic mass is 32.1. The second-order valence-electron chi connectivity index (χ2n) is 7.31. The van der Waals surface area contributed by atoms with Crippen LogP contribution in [0, 0.1) is 5.82 Å². The molecule has 7 aromatic rings. The van der Waals surface area contributed by atoms with Gasteiger partial charge in [0.1, 0.15) is 22.4 Å². The number of rotatable bonds is 0. The van der Waals surface area contributed by atoms with Crippen molar-refractivity contribution < 1.29 is 4.39 Å². The molecule has 0 atom stereocenters. The summed E-state index contributed by atoms with van der Waals surface area (Å²) in [4.78, 5) is 21.2. The fourth-order valence-corrected chi connectivity index (χ4v) is 4.95. The molecule has 0 unspecified atom stereocenters. The molecular weight excluding hydrogens is 413 g/mol. The van der Waals surface area contributed by atoms with Crippen LogP contribution in [0.4, 0.5) is 4.39 Å². The molecule has 148 valence electrons. The molecule has 31 heavy (non-hydrogen) atoms. The number of benzene rings is 1. The van der Waals surface area contributed by atoms with Crippen molar-refractivity contribution in [1.29, 1.82) is 0 Å². The first-order valence-corrected chi connectivity index (χ1v) is 10.4. The number of hydrogen-bond donors (Lipinski definition) is 3. The maximum atomic E-state index is 15.8. The quantitative estimate of drug-likeness (QED) is 0.299. The van der Waals surface area contributed by atoms with Crippen LogP contribution in [0.5, 0.6) is 0 Å². The number of nitrogens with zero attached hydrogens (tertiary/aromatic N) is 4. The predicted octanol–water partition coefficient (Wildman–Crippen LogP) is 5.50. The average Bonchev–Trinajstić information content (AvgIpc) is 3.51. The van der Waals surface area contributed by atoms with E-state index in [4.69, 9.17) is 4.98 Å². The minimum Gasteiger partial charge on any atom is -0.346 e. The summed E-state index contributed by atoms with van der Waals surface area (Å²) in [6.45, 7) is 0. The summed E-state index contributed by atoms with van der Waals surface area (Å²) in [6.07, 6.45) is 5.12. The molecule has 0 aliphatic rings. The minimum atomic E-state index is -0.369. The highest BCUT2D eigenvalue weighted by molar-refractivity contribution is 7.23. The lowest BCUT2D eigenvalue weighted by molar-refractivity contribution is 0.652. The van der Waals surface area contributed by atoms with Gasteiger partial charge in [0.15, 0.2) is 5.65 Å². The Hall–Kier alpha value is -4.11.